The van der Waals surface area contributed by atoms with Gasteiger partial charge in [-0.25, -0.2) is 0 Å². The summed E-state index contributed by atoms with van der Waals surface area (Å²) in [6, 6.07) is 18.1. The number of rotatable bonds is 6. The fourth-order valence-corrected chi connectivity index (χ4v) is 3.03. The van der Waals surface area contributed by atoms with Crippen LogP contribution >= 0.6 is 11.8 Å². The van der Waals surface area contributed by atoms with Crippen LogP contribution in [0, 0.1) is 11.3 Å². The first-order valence-electron chi connectivity index (χ1n) is 7.79. The lowest BCUT2D eigenvalue weighted by Gasteiger charge is -2.00. The first-order chi connectivity index (χ1) is 11.8. The van der Waals surface area contributed by atoms with Gasteiger partial charge in [-0.15, -0.1) is 10.2 Å². The largest absolute Gasteiger partial charge is 0.416 e. The van der Waals surface area contributed by atoms with Gasteiger partial charge >= 0.3 is 0 Å². The molecule has 120 valence electrons. The van der Waals surface area contributed by atoms with E-state index in [1.165, 1.54) is 17.3 Å². The second-order valence-electron chi connectivity index (χ2n) is 5.41. The number of thioether (sulfide) groups is 1. The summed E-state index contributed by atoms with van der Waals surface area (Å²) in [5.74, 6) is 1.31. The molecule has 3 rings (SSSR count). The smallest absolute Gasteiger partial charge is 0.276 e. The monoisotopic (exact) mass is 335 g/mol. The van der Waals surface area contributed by atoms with Crippen molar-refractivity contribution in [3.63, 3.8) is 0 Å². The summed E-state index contributed by atoms with van der Waals surface area (Å²) in [7, 11) is 0. The van der Waals surface area contributed by atoms with E-state index in [0.29, 0.717) is 28.9 Å². The number of nitrogens with zero attached hydrogens (tertiary/aromatic N) is 3. The van der Waals surface area contributed by atoms with Crippen molar-refractivity contribution in [2.45, 2.75) is 30.7 Å². The lowest BCUT2D eigenvalue weighted by molar-refractivity contribution is 0.420. The maximum atomic E-state index is 8.93. The molecule has 4 nitrogen and oxygen atoms in total. The number of benzene rings is 2. The predicted molar refractivity (Wildman–Crippen MR) is 93.6 cm³/mol. The molecule has 3 aromatic rings. The Labute approximate surface area is 145 Å². The molecule has 1 heterocycles. The molecule has 0 saturated heterocycles. The molecule has 1 aromatic heterocycles. The summed E-state index contributed by atoms with van der Waals surface area (Å²) in [6.45, 7) is 2.14. The van der Waals surface area contributed by atoms with Gasteiger partial charge in [0.05, 0.1) is 18.1 Å². The van der Waals surface area contributed by atoms with E-state index >= 15 is 0 Å². The Bertz CT molecular complexity index is 850. The van der Waals surface area contributed by atoms with Crippen LogP contribution in [0.15, 0.2) is 58.2 Å². The van der Waals surface area contributed by atoms with E-state index in [1.807, 2.05) is 18.2 Å². The van der Waals surface area contributed by atoms with Crippen LogP contribution in [-0.4, -0.2) is 10.2 Å². The summed E-state index contributed by atoms with van der Waals surface area (Å²) in [4.78, 5) is 0. The van der Waals surface area contributed by atoms with E-state index in [9.17, 15) is 0 Å². The molecule has 0 N–H and O–H groups in total. The average Bonchev–Trinajstić information content (AvgIpc) is 3.08. The predicted octanol–water partition coefficient (Wildman–Crippen LogP) is 4.39. The Morgan fingerprint density at radius 1 is 1.04 bits per heavy atom. The second-order valence-corrected chi connectivity index (χ2v) is 6.34. The van der Waals surface area contributed by atoms with Gasteiger partial charge in [0.1, 0.15) is 0 Å². The lowest BCUT2D eigenvalue weighted by Crippen LogP contribution is -1.89. The molecule has 0 fully saturated rings. The molecule has 0 bridgehead atoms. The molecular formula is C19H17N3OS. The highest BCUT2D eigenvalue weighted by molar-refractivity contribution is 7.98. The quantitative estimate of drug-likeness (QED) is 0.625. The fraction of sp³-hybridized carbons (Fsp3) is 0.211. The highest BCUT2D eigenvalue weighted by Gasteiger charge is 2.08. The van der Waals surface area contributed by atoms with Crippen molar-refractivity contribution < 1.29 is 4.42 Å². The average molecular weight is 335 g/mol. The third-order valence-corrected chi connectivity index (χ3v) is 4.54. The number of hydrogen-bond acceptors (Lipinski definition) is 5. The SMILES string of the molecule is CCc1ccc(Cc2nnc(SCc3cccc(C#N)c3)o2)cc1. The van der Waals surface area contributed by atoms with Crippen LogP contribution in [0.2, 0.25) is 0 Å². The zero-order valence-corrected chi connectivity index (χ0v) is 14.2. The Balaban J connectivity index is 1.59. The maximum Gasteiger partial charge on any atom is 0.276 e. The third-order valence-electron chi connectivity index (χ3n) is 3.65. The van der Waals surface area contributed by atoms with Gasteiger partial charge in [0.2, 0.25) is 5.89 Å². The van der Waals surface area contributed by atoms with Gasteiger partial charge in [-0.2, -0.15) is 5.26 Å². The fourth-order valence-electron chi connectivity index (χ4n) is 2.31. The minimum atomic E-state index is 0.553. The summed E-state index contributed by atoms with van der Waals surface area (Å²) in [5.41, 5.74) is 4.21. The van der Waals surface area contributed by atoms with Gasteiger partial charge in [0.25, 0.3) is 5.22 Å². The van der Waals surface area contributed by atoms with Gasteiger partial charge in [-0.1, -0.05) is 55.1 Å². The Kier molecular flexibility index (Phi) is 5.29. The van der Waals surface area contributed by atoms with Crippen LogP contribution in [0.4, 0.5) is 0 Å². The minimum absolute atomic E-state index is 0.553. The molecule has 0 spiro atoms. The van der Waals surface area contributed by atoms with Crippen molar-refractivity contribution in [1.29, 1.82) is 5.26 Å². The highest BCUT2D eigenvalue weighted by Crippen LogP contribution is 2.22. The minimum Gasteiger partial charge on any atom is -0.416 e. The van der Waals surface area contributed by atoms with Crippen molar-refractivity contribution in [2.75, 3.05) is 0 Å². The number of aryl methyl sites for hydroxylation is 1. The van der Waals surface area contributed by atoms with Crippen LogP contribution in [0.3, 0.4) is 0 Å². The zero-order chi connectivity index (χ0) is 16.8. The number of hydrogen-bond donors (Lipinski definition) is 0. The summed E-state index contributed by atoms with van der Waals surface area (Å²) in [6.07, 6.45) is 1.68. The summed E-state index contributed by atoms with van der Waals surface area (Å²) >= 11 is 1.48. The molecule has 0 saturated carbocycles. The molecule has 0 aliphatic rings. The van der Waals surface area contributed by atoms with Crippen LogP contribution in [0.25, 0.3) is 0 Å². The van der Waals surface area contributed by atoms with Gasteiger partial charge < -0.3 is 4.42 Å². The second kappa shape index (κ2) is 7.80. The molecule has 0 atom stereocenters. The first-order valence-corrected chi connectivity index (χ1v) is 8.77. The molecule has 0 aliphatic heterocycles. The van der Waals surface area contributed by atoms with Crippen molar-refractivity contribution >= 4 is 11.8 Å². The zero-order valence-electron chi connectivity index (χ0n) is 13.4. The van der Waals surface area contributed by atoms with Crippen molar-refractivity contribution in [2.24, 2.45) is 0 Å². The molecule has 0 amide bonds. The normalized spacial score (nSPS) is 10.5. The van der Waals surface area contributed by atoms with Gasteiger partial charge in [0.15, 0.2) is 0 Å². The van der Waals surface area contributed by atoms with E-state index in [2.05, 4.69) is 47.5 Å². The first kappa shape index (κ1) is 16.3. The summed E-state index contributed by atoms with van der Waals surface area (Å²) < 4.78 is 5.70. The van der Waals surface area contributed by atoms with Crippen LogP contribution in [0.1, 0.15) is 35.1 Å². The standard InChI is InChI=1S/C19H17N3OS/c1-2-14-6-8-15(9-7-14)11-18-21-22-19(23-18)24-13-17-5-3-4-16(10-17)12-20/h3-10H,2,11,13H2,1H3. The molecule has 2 aromatic carbocycles. The maximum absolute atomic E-state index is 8.93. The number of aromatic nitrogens is 2. The van der Waals surface area contributed by atoms with E-state index in [1.54, 1.807) is 6.07 Å². The Hall–Kier alpha value is -2.58. The van der Waals surface area contributed by atoms with Gasteiger partial charge in [-0.05, 0) is 35.2 Å². The van der Waals surface area contributed by atoms with E-state index in [0.717, 1.165) is 17.5 Å². The van der Waals surface area contributed by atoms with Crippen molar-refractivity contribution in [3.8, 4) is 6.07 Å². The lowest BCUT2D eigenvalue weighted by atomic mass is 10.1. The summed E-state index contributed by atoms with van der Waals surface area (Å²) in [5, 5.41) is 17.7. The molecule has 0 aliphatic carbocycles. The molecule has 0 radical (unpaired) electrons. The Morgan fingerprint density at radius 2 is 1.83 bits per heavy atom. The Morgan fingerprint density at radius 3 is 2.58 bits per heavy atom. The van der Waals surface area contributed by atoms with Gasteiger partial charge in [-0.3, -0.25) is 0 Å². The highest BCUT2D eigenvalue weighted by atomic mass is 32.2. The molecule has 5 heteroatoms. The van der Waals surface area contributed by atoms with Crippen LogP contribution in [0.5, 0.6) is 0 Å². The third kappa shape index (κ3) is 4.24. The van der Waals surface area contributed by atoms with Crippen LogP contribution in [-0.2, 0) is 18.6 Å². The van der Waals surface area contributed by atoms with E-state index in [-0.39, 0.29) is 0 Å². The van der Waals surface area contributed by atoms with Gasteiger partial charge in [0, 0.05) is 5.75 Å². The van der Waals surface area contributed by atoms with Crippen molar-refractivity contribution in [1.82, 2.24) is 10.2 Å². The van der Waals surface area contributed by atoms with Crippen LogP contribution < -0.4 is 0 Å². The molecular weight excluding hydrogens is 318 g/mol. The molecule has 24 heavy (non-hydrogen) atoms. The number of nitriles is 1. The van der Waals surface area contributed by atoms with E-state index in [4.69, 9.17) is 9.68 Å². The van der Waals surface area contributed by atoms with E-state index < -0.39 is 0 Å². The van der Waals surface area contributed by atoms with Crippen molar-refractivity contribution in [3.05, 3.63) is 76.7 Å². The topological polar surface area (TPSA) is 62.7 Å². The molecule has 0 unspecified atom stereocenters.